The van der Waals surface area contributed by atoms with Gasteiger partial charge in [-0.25, -0.2) is 0 Å². The van der Waals surface area contributed by atoms with Crippen molar-refractivity contribution in [2.45, 2.75) is 26.8 Å². The molecule has 0 aromatic heterocycles. The fourth-order valence-corrected chi connectivity index (χ4v) is 3.94. The molecule has 1 aliphatic rings. The molecular weight excluding hydrogens is 387 g/mol. The third-order valence-corrected chi connectivity index (χ3v) is 5.75. The first kappa shape index (κ1) is 20.6. The second-order valence-electron chi connectivity index (χ2n) is 6.56. The Bertz CT molecular complexity index is 932. The van der Waals surface area contributed by atoms with Gasteiger partial charge in [-0.3, -0.25) is 0 Å². The predicted octanol–water partition coefficient (Wildman–Crippen LogP) is 6.79. The van der Waals surface area contributed by atoms with Crippen LogP contribution in [-0.2, 0) is 13.0 Å². The van der Waals surface area contributed by atoms with Gasteiger partial charge in [0.1, 0.15) is 10.3 Å². The van der Waals surface area contributed by atoms with Gasteiger partial charge < -0.3 is 9.80 Å². The maximum atomic E-state index is 6.51. The average molecular weight is 413 g/mol. The highest BCUT2D eigenvalue weighted by Crippen LogP contribution is 2.31. The molecule has 2 nitrogen and oxygen atoms in total. The zero-order chi connectivity index (χ0) is 19.9. The lowest BCUT2D eigenvalue weighted by molar-refractivity contribution is 0.255. The van der Waals surface area contributed by atoms with E-state index in [-0.39, 0.29) is 0 Å². The van der Waals surface area contributed by atoms with Gasteiger partial charge in [-0.2, -0.15) is 0 Å². The molecule has 0 N–H and O–H groups in total. The van der Waals surface area contributed by atoms with Crippen LogP contribution in [-0.4, -0.2) is 23.0 Å². The van der Waals surface area contributed by atoms with E-state index in [1.165, 1.54) is 21.9 Å². The molecule has 0 aliphatic carbocycles. The number of halogens is 2. The van der Waals surface area contributed by atoms with Gasteiger partial charge in [0.2, 0.25) is 0 Å². The lowest BCUT2D eigenvalue weighted by Crippen LogP contribution is -2.28. The summed E-state index contributed by atoms with van der Waals surface area (Å²) in [5.74, 6) is 0. The maximum absolute atomic E-state index is 6.51. The summed E-state index contributed by atoms with van der Waals surface area (Å²) in [5, 5.41) is 3.86. The van der Waals surface area contributed by atoms with E-state index in [2.05, 4.69) is 64.4 Å². The summed E-state index contributed by atoms with van der Waals surface area (Å²) in [6, 6.07) is 25.3. The maximum Gasteiger partial charge on any atom is 0.142 e. The molecule has 3 aromatic carbocycles. The van der Waals surface area contributed by atoms with E-state index < -0.39 is 0 Å². The van der Waals surface area contributed by atoms with Crippen LogP contribution in [0, 0.1) is 0 Å². The van der Waals surface area contributed by atoms with Gasteiger partial charge >= 0.3 is 0 Å². The standard InChI is InChI=1S/C22H20Cl2N2.C2H6/c23-21-22(24)26(15-17-7-2-1-3-8-17)16-25(21)14-13-19-11-6-10-18-9-4-5-12-20(18)19;1-2/h1-12H,13-16H2;1-2H3. The fourth-order valence-electron chi connectivity index (χ4n) is 3.45. The highest BCUT2D eigenvalue weighted by Gasteiger charge is 2.26. The number of hydrogen-bond donors (Lipinski definition) is 0. The van der Waals surface area contributed by atoms with Crippen LogP contribution in [0.25, 0.3) is 10.8 Å². The van der Waals surface area contributed by atoms with Gasteiger partial charge in [0.25, 0.3) is 0 Å². The molecule has 0 amide bonds. The molecule has 4 heteroatoms. The first-order valence-corrected chi connectivity index (χ1v) is 10.5. The minimum atomic E-state index is 0.633. The number of fused-ring (bicyclic) bond motifs is 1. The monoisotopic (exact) mass is 412 g/mol. The van der Waals surface area contributed by atoms with Gasteiger partial charge in [-0.1, -0.05) is 110 Å². The Kier molecular flexibility index (Phi) is 7.24. The van der Waals surface area contributed by atoms with Crippen molar-refractivity contribution in [1.82, 2.24) is 9.80 Å². The highest BCUT2D eigenvalue weighted by atomic mass is 35.5. The van der Waals surface area contributed by atoms with Crippen molar-refractivity contribution in [1.29, 1.82) is 0 Å². The van der Waals surface area contributed by atoms with Gasteiger partial charge in [-0.05, 0) is 28.3 Å². The average Bonchev–Trinajstić information content (AvgIpc) is 3.02. The summed E-state index contributed by atoms with van der Waals surface area (Å²) < 4.78 is 0. The fraction of sp³-hybridized carbons (Fsp3) is 0.250. The summed E-state index contributed by atoms with van der Waals surface area (Å²) in [4.78, 5) is 4.26. The molecule has 0 radical (unpaired) electrons. The molecule has 146 valence electrons. The minimum Gasteiger partial charge on any atom is -0.342 e. The molecule has 28 heavy (non-hydrogen) atoms. The SMILES string of the molecule is CC.ClC1=C(Cl)N(Cc2ccccc2)CN1CCc1cccc2ccccc12. The quantitative estimate of drug-likeness (QED) is 0.425. The Morgan fingerprint density at radius 1 is 0.750 bits per heavy atom. The minimum absolute atomic E-state index is 0.633. The molecule has 0 atom stereocenters. The van der Waals surface area contributed by atoms with Crippen LogP contribution < -0.4 is 0 Å². The molecule has 3 aromatic rings. The molecule has 4 rings (SSSR count). The van der Waals surface area contributed by atoms with Gasteiger partial charge in [-0.15, -0.1) is 0 Å². The summed E-state index contributed by atoms with van der Waals surface area (Å²) in [5.41, 5.74) is 2.57. The lowest BCUT2D eigenvalue weighted by Gasteiger charge is -2.22. The van der Waals surface area contributed by atoms with Crippen LogP contribution >= 0.6 is 23.2 Å². The summed E-state index contributed by atoms with van der Waals surface area (Å²) >= 11 is 13.0. The van der Waals surface area contributed by atoms with Crippen molar-refractivity contribution in [3.05, 3.63) is 94.2 Å². The van der Waals surface area contributed by atoms with Crippen LogP contribution in [0.5, 0.6) is 0 Å². The molecule has 0 spiro atoms. The third-order valence-electron chi connectivity index (χ3n) is 4.81. The molecule has 0 saturated heterocycles. The number of benzene rings is 3. The van der Waals surface area contributed by atoms with Crippen molar-refractivity contribution in [3.63, 3.8) is 0 Å². The van der Waals surface area contributed by atoms with E-state index in [0.29, 0.717) is 10.3 Å². The molecule has 1 heterocycles. The summed E-state index contributed by atoms with van der Waals surface area (Å²) in [6.45, 7) is 6.33. The van der Waals surface area contributed by atoms with Crippen molar-refractivity contribution in [2.24, 2.45) is 0 Å². The Labute approximate surface area is 178 Å². The van der Waals surface area contributed by atoms with Gasteiger partial charge in [0.05, 0.1) is 6.67 Å². The Morgan fingerprint density at radius 2 is 1.39 bits per heavy atom. The van der Waals surface area contributed by atoms with E-state index in [9.17, 15) is 0 Å². The van der Waals surface area contributed by atoms with Crippen LogP contribution in [0.2, 0.25) is 0 Å². The molecule has 0 bridgehead atoms. The van der Waals surface area contributed by atoms with Crippen molar-refractivity contribution < 1.29 is 0 Å². The van der Waals surface area contributed by atoms with Gasteiger partial charge in [0, 0.05) is 13.1 Å². The second-order valence-corrected chi connectivity index (χ2v) is 7.27. The lowest BCUT2D eigenvalue weighted by atomic mass is 10.0. The smallest absolute Gasteiger partial charge is 0.142 e. The number of rotatable bonds is 5. The summed E-state index contributed by atoms with van der Waals surface area (Å²) in [7, 11) is 0. The first-order chi connectivity index (χ1) is 13.7. The van der Waals surface area contributed by atoms with Crippen molar-refractivity contribution in [3.8, 4) is 0 Å². The van der Waals surface area contributed by atoms with Crippen molar-refractivity contribution >= 4 is 34.0 Å². The van der Waals surface area contributed by atoms with Crippen LogP contribution in [0.4, 0.5) is 0 Å². The zero-order valence-corrected chi connectivity index (χ0v) is 17.9. The van der Waals surface area contributed by atoms with E-state index >= 15 is 0 Å². The first-order valence-electron chi connectivity index (χ1n) is 9.78. The molecule has 0 saturated carbocycles. The molecule has 0 unspecified atom stereocenters. The van der Waals surface area contributed by atoms with Crippen LogP contribution in [0.3, 0.4) is 0 Å². The van der Waals surface area contributed by atoms with E-state index in [4.69, 9.17) is 23.2 Å². The van der Waals surface area contributed by atoms with Crippen LogP contribution in [0.1, 0.15) is 25.0 Å². The molecular formula is C24H26Cl2N2. The van der Waals surface area contributed by atoms with Gasteiger partial charge in [0.15, 0.2) is 0 Å². The number of nitrogens with zero attached hydrogens (tertiary/aromatic N) is 2. The number of hydrogen-bond acceptors (Lipinski definition) is 2. The predicted molar refractivity (Wildman–Crippen MR) is 121 cm³/mol. The van der Waals surface area contributed by atoms with E-state index in [1.807, 2.05) is 32.0 Å². The Hall–Kier alpha value is -2.16. The molecule has 0 fully saturated rings. The highest BCUT2D eigenvalue weighted by molar-refractivity contribution is 6.38. The third kappa shape index (κ3) is 4.63. The Balaban J connectivity index is 0.00000109. The van der Waals surface area contributed by atoms with Crippen molar-refractivity contribution in [2.75, 3.05) is 13.2 Å². The normalized spacial score (nSPS) is 13.7. The van der Waals surface area contributed by atoms with E-state index in [0.717, 1.165) is 26.2 Å². The summed E-state index contributed by atoms with van der Waals surface area (Å²) in [6.07, 6.45) is 0.931. The second kappa shape index (κ2) is 9.86. The molecule has 1 aliphatic heterocycles. The Morgan fingerprint density at radius 3 is 2.18 bits per heavy atom. The van der Waals surface area contributed by atoms with E-state index in [1.54, 1.807) is 0 Å². The topological polar surface area (TPSA) is 6.48 Å². The zero-order valence-electron chi connectivity index (χ0n) is 16.4. The largest absolute Gasteiger partial charge is 0.342 e. The van der Waals surface area contributed by atoms with Crippen LogP contribution in [0.15, 0.2) is 83.1 Å².